The van der Waals surface area contributed by atoms with Crippen LogP contribution in [0.2, 0.25) is 0 Å². The van der Waals surface area contributed by atoms with Crippen molar-refractivity contribution in [2.24, 2.45) is 5.92 Å². The molecular weight excluding hydrogens is 661 g/mol. The van der Waals surface area contributed by atoms with Crippen molar-refractivity contribution in [3.63, 3.8) is 0 Å². The number of nitrogens with one attached hydrogen (secondary N) is 2. The number of benzene rings is 1. The van der Waals surface area contributed by atoms with E-state index in [0.29, 0.717) is 18.4 Å². The van der Waals surface area contributed by atoms with E-state index in [-0.39, 0.29) is 57.0 Å². The molecule has 1 aromatic rings. The van der Waals surface area contributed by atoms with E-state index in [1.165, 1.54) is 15.9 Å². The maximum atomic E-state index is 14.2. The van der Waals surface area contributed by atoms with Gasteiger partial charge in [0, 0.05) is 25.4 Å². The van der Waals surface area contributed by atoms with Crippen LogP contribution in [0, 0.1) is 5.92 Å². The third kappa shape index (κ3) is 7.70. The number of aliphatic carboxylic acids is 1. The molecule has 2 saturated carbocycles. The SMILES string of the molecule is O=C(N[C@H]1CCCCC/C=C\[C@H]2C[C@@]2(C(=O)O)NC(=O)[C@@H]2C[C@@H](OC(=O)N3CCc4cccc(C(F)(F)F)c4C3)CN2C1=O)OC1CCCC1. The van der Waals surface area contributed by atoms with E-state index in [0.717, 1.165) is 44.6 Å². The van der Waals surface area contributed by atoms with Gasteiger partial charge in [0.1, 0.15) is 29.8 Å². The van der Waals surface area contributed by atoms with Gasteiger partial charge in [-0.1, -0.05) is 37.1 Å². The van der Waals surface area contributed by atoms with E-state index in [4.69, 9.17) is 9.47 Å². The first-order chi connectivity index (χ1) is 23.9. The number of hydrogen-bond donors (Lipinski definition) is 3. The molecule has 0 radical (unpaired) electrons. The first kappa shape index (κ1) is 35.5. The second kappa shape index (κ2) is 14.5. The van der Waals surface area contributed by atoms with Gasteiger partial charge in [-0.2, -0.15) is 13.2 Å². The second-order valence-corrected chi connectivity index (χ2v) is 14.0. The number of alkyl carbamates (subject to hydrolysis) is 1. The molecule has 272 valence electrons. The Morgan fingerprint density at radius 2 is 1.76 bits per heavy atom. The molecule has 3 heterocycles. The Morgan fingerprint density at radius 3 is 2.50 bits per heavy atom. The maximum absolute atomic E-state index is 14.2. The summed E-state index contributed by atoms with van der Waals surface area (Å²) in [6.45, 7) is -0.452. The van der Waals surface area contributed by atoms with Gasteiger partial charge in [-0.3, -0.25) is 9.59 Å². The van der Waals surface area contributed by atoms with Gasteiger partial charge < -0.3 is 35.0 Å². The van der Waals surface area contributed by atoms with Crippen molar-refractivity contribution in [1.29, 1.82) is 0 Å². The van der Waals surface area contributed by atoms with Gasteiger partial charge in [0.05, 0.1) is 12.1 Å². The summed E-state index contributed by atoms with van der Waals surface area (Å²) in [5.74, 6) is -2.98. The maximum Gasteiger partial charge on any atom is 0.416 e. The molecule has 2 aliphatic carbocycles. The molecule has 6 rings (SSSR count). The molecule has 5 aliphatic rings. The van der Waals surface area contributed by atoms with Crippen molar-refractivity contribution in [2.75, 3.05) is 13.1 Å². The number of fused-ring (bicyclic) bond motifs is 3. The molecule has 0 unspecified atom stereocenters. The number of carboxylic acid groups (broad SMARTS) is 1. The molecule has 0 bridgehead atoms. The minimum atomic E-state index is -4.61. The van der Waals surface area contributed by atoms with E-state index in [1.807, 2.05) is 6.08 Å². The van der Waals surface area contributed by atoms with Crippen LogP contribution in [0.5, 0.6) is 0 Å². The zero-order chi connectivity index (χ0) is 35.6. The smallest absolute Gasteiger partial charge is 0.416 e. The van der Waals surface area contributed by atoms with Gasteiger partial charge in [-0.15, -0.1) is 0 Å². The molecule has 12 nitrogen and oxygen atoms in total. The normalized spacial score (nSPS) is 29.7. The molecule has 3 aliphatic heterocycles. The van der Waals surface area contributed by atoms with Crippen LogP contribution in [0.25, 0.3) is 0 Å². The van der Waals surface area contributed by atoms with E-state index in [1.54, 1.807) is 12.1 Å². The Bertz CT molecular complexity index is 1530. The first-order valence-corrected chi connectivity index (χ1v) is 17.5. The summed E-state index contributed by atoms with van der Waals surface area (Å²) < 4.78 is 52.5. The van der Waals surface area contributed by atoms with Crippen LogP contribution in [0.1, 0.15) is 87.3 Å². The fourth-order valence-electron chi connectivity index (χ4n) is 7.70. The van der Waals surface area contributed by atoms with E-state index >= 15 is 0 Å². The van der Waals surface area contributed by atoms with Crippen molar-refractivity contribution < 1.29 is 51.7 Å². The largest absolute Gasteiger partial charge is 0.479 e. The van der Waals surface area contributed by atoms with Gasteiger partial charge in [-0.05, 0) is 75.0 Å². The number of alkyl halides is 3. The fourth-order valence-corrected chi connectivity index (χ4v) is 7.70. The van der Waals surface area contributed by atoms with Crippen molar-refractivity contribution in [2.45, 2.75) is 120 Å². The topological polar surface area (TPSA) is 155 Å². The summed E-state index contributed by atoms with van der Waals surface area (Å²) in [4.78, 5) is 69.0. The van der Waals surface area contributed by atoms with E-state index < -0.39 is 71.4 Å². The summed E-state index contributed by atoms with van der Waals surface area (Å²) in [6.07, 6.45) is 2.74. The van der Waals surface area contributed by atoms with Crippen LogP contribution in [0.15, 0.2) is 30.4 Å². The Balaban J connectivity index is 1.21. The van der Waals surface area contributed by atoms with Crippen LogP contribution in [0.3, 0.4) is 0 Å². The predicted molar refractivity (Wildman–Crippen MR) is 170 cm³/mol. The number of carboxylic acids is 1. The molecule has 1 saturated heterocycles. The van der Waals surface area contributed by atoms with Gasteiger partial charge in [0.15, 0.2) is 0 Å². The number of carbonyl (C=O) groups excluding carboxylic acids is 4. The van der Waals surface area contributed by atoms with Crippen molar-refractivity contribution >= 4 is 30.0 Å². The average molecular weight is 705 g/mol. The average Bonchev–Trinajstić information content (AvgIpc) is 3.35. The Kier molecular flexibility index (Phi) is 10.3. The third-order valence-electron chi connectivity index (χ3n) is 10.6. The van der Waals surface area contributed by atoms with Crippen molar-refractivity contribution in [3.05, 3.63) is 47.0 Å². The highest BCUT2D eigenvalue weighted by atomic mass is 19.4. The standard InChI is InChI=1S/C35H43F3N4O8/c36-35(37,38)26-13-8-9-21-15-16-41(20-25(21)26)33(48)50-24-17-28-29(43)40-34(31(45)46)18-22(34)10-4-2-1-3-5-14-27(30(44)42(28)19-24)39-32(47)49-23-11-6-7-12-23/h4,8-10,13,22-24,27-28H,1-3,5-7,11-12,14-20H2,(H,39,47)(H,40,43)(H,45,46)/b10-4-/t22-,24+,27-,28-,34+/m0/s1. The lowest BCUT2D eigenvalue weighted by Gasteiger charge is -2.31. The molecular formula is C35H43F3N4O8. The molecule has 3 N–H and O–H groups in total. The molecule has 0 aromatic heterocycles. The van der Waals surface area contributed by atoms with Gasteiger partial charge >= 0.3 is 24.3 Å². The number of amides is 4. The van der Waals surface area contributed by atoms with Gasteiger partial charge in [0.2, 0.25) is 11.8 Å². The molecule has 15 heteroatoms. The zero-order valence-corrected chi connectivity index (χ0v) is 27.7. The summed E-state index contributed by atoms with van der Waals surface area (Å²) in [5.41, 5.74) is -1.89. The fraction of sp³-hybridized carbons (Fsp3) is 0.629. The first-order valence-electron chi connectivity index (χ1n) is 17.5. The Hall–Kier alpha value is -4.30. The molecule has 3 fully saturated rings. The third-order valence-corrected chi connectivity index (χ3v) is 10.6. The number of halogens is 3. The highest BCUT2D eigenvalue weighted by Gasteiger charge is 2.61. The lowest BCUT2D eigenvalue weighted by molar-refractivity contribution is -0.145. The minimum absolute atomic E-state index is 0.0118. The number of nitrogens with zero attached hydrogens (tertiary/aromatic N) is 2. The number of allylic oxidation sites excluding steroid dienone is 1. The monoisotopic (exact) mass is 704 g/mol. The van der Waals surface area contributed by atoms with Crippen LogP contribution >= 0.6 is 0 Å². The molecule has 5 atom stereocenters. The van der Waals surface area contributed by atoms with E-state index in [9.17, 15) is 42.3 Å². The summed E-state index contributed by atoms with van der Waals surface area (Å²) >= 11 is 0. The number of carbonyl (C=O) groups is 5. The lowest BCUT2D eigenvalue weighted by Crippen LogP contribution is -2.56. The Labute approximate surface area is 287 Å². The van der Waals surface area contributed by atoms with Crippen LogP contribution < -0.4 is 10.6 Å². The predicted octanol–water partition coefficient (Wildman–Crippen LogP) is 4.69. The van der Waals surface area contributed by atoms with Gasteiger partial charge in [0.25, 0.3) is 0 Å². The summed E-state index contributed by atoms with van der Waals surface area (Å²) in [7, 11) is 0. The lowest BCUT2D eigenvalue weighted by atomic mass is 9.95. The Morgan fingerprint density at radius 1 is 1.00 bits per heavy atom. The molecule has 0 spiro atoms. The quantitative estimate of drug-likeness (QED) is 0.382. The highest BCUT2D eigenvalue weighted by Crippen LogP contribution is 2.45. The highest BCUT2D eigenvalue weighted by molar-refractivity contribution is 5.96. The second-order valence-electron chi connectivity index (χ2n) is 14.0. The minimum Gasteiger partial charge on any atom is -0.479 e. The van der Waals surface area contributed by atoms with Gasteiger partial charge in [-0.25, -0.2) is 14.4 Å². The molecule has 50 heavy (non-hydrogen) atoms. The van der Waals surface area contributed by atoms with E-state index in [2.05, 4.69) is 10.6 Å². The number of hydrogen-bond acceptors (Lipinski definition) is 7. The molecule has 4 amide bonds. The van der Waals surface area contributed by atoms with Crippen LogP contribution in [-0.4, -0.2) is 87.8 Å². The van der Waals surface area contributed by atoms with Crippen LogP contribution in [0.4, 0.5) is 22.8 Å². The van der Waals surface area contributed by atoms with Crippen LogP contribution in [-0.2, 0) is 43.0 Å². The van der Waals surface area contributed by atoms with Crippen molar-refractivity contribution in [1.82, 2.24) is 20.4 Å². The molecule has 1 aromatic carbocycles. The summed E-state index contributed by atoms with van der Waals surface area (Å²) in [6, 6.07) is 1.61. The number of rotatable bonds is 4. The summed E-state index contributed by atoms with van der Waals surface area (Å²) in [5, 5.41) is 15.4. The number of ether oxygens (including phenoxy) is 2. The van der Waals surface area contributed by atoms with Crippen molar-refractivity contribution in [3.8, 4) is 0 Å². The zero-order valence-electron chi connectivity index (χ0n) is 27.7.